The second-order valence-electron chi connectivity index (χ2n) is 7.19. The van der Waals surface area contributed by atoms with E-state index in [1.807, 2.05) is 72.8 Å². The molecule has 0 aromatic heterocycles. The van der Waals surface area contributed by atoms with Gasteiger partial charge in [-0.1, -0.05) is 72.8 Å². The Morgan fingerprint density at radius 1 is 0.704 bits per heavy atom. The van der Waals surface area contributed by atoms with E-state index in [4.69, 9.17) is 9.47 Å². The Hall–Kier alpha value is -2.88. The first-order chi connectivity index (χ1) is 13.2. The van der Waals surface area contributed by atoms with Crippen molar-refractivity contribution in [1.82, 2.24) is 0 Å². The smallest absolute Gasteiger partial charge is 0.310 e. The first-order valence-electron chi connectivity index (χ1n) is 9.32. The van der Waals surface area contributed by atoms with Crippen LogP contribution in [0.2, 0.25) is 0 Å². The highest BCUT2D eigenvalue weighted by Gasteiger charge is 2.53. The summed E-state index contributed by atoms with van der Waals surface area (Å²) >= 11 is 0. The standard InChI is InChI=1S/C23H22O4/c24-22(26-14-16-7-3-1-4-8-16)20-18-11-12-19(13-18)21(20)23(25)27-15-17-9-5-2-6-10-17/h1-12,18-21H,13-15H2. The molecule has 2 bridgehead atoms. The van der Waals surface area contributed by atoms with Crippen LogP contribution in [0.15, 0.2) is 72.8 Å². The zero-order chi connectivity index (χ0) is 18.6. The molecule has 27 heavy (non-hydrogen) atoms. The molecule has 4 rings (SSSR count). The van der Waals surface area contributed by atoms with E-state index < -0.39 is 11.8 Å². The quantitative estimate of drug-likeness (QED) is 0.577. The maximum Gasteiger partial charge on any atom is 0.310 e. The molecule has 2 aliphatic carbocycles. The van der Waals surface area contributed by atoms with E-state index in [0.29, 0.717) is 0 Å². The lowest BCUT2D eigenvalue weighted by Gasteiger charge is -2.25. The molecule has 1 fully saturated rings. The fourth-order valence-electron chi connectivity index (χ4n) is 4.11. The summed E-state index contributed by atoms with van der Waals surface area (Å²) in [6.45, 7) is 0.451. The van der Waals surface area contributed by atoms with Crippen LogP contribution >= 0.6 is 0 Å². The summed E-state index contributed by atoms with van der Waals surface area (Å²) in [7, 11) is 0. The average Bonchev–Trinajstić information content (AvgIpc) is 3.33. The maximum atomic E-state index is 12.7. The van der Waals surface area contributed by atoms with Gasteiger partial charge in [0.1, 0.15) is 13.2 Å². The van der Waals surface area contributed by atoms with Gasteiger partial charge in [0, 0.05) is 0 Å². The number of ether oxygens (including phenoxy) is 2. The van der Waals surface area contributed by atoms with Crippen LogP contribution in [-0.2, 0) is 32.3 Å². The van der Waals surface area contributed by atoms with Crippen molar-refractivity contribution in [3.8, 4) is 0 Å². The summed E-state index contributed by atoms with van der Waals surface area (Å²) < 4.78 is 11.1. The Labute approximate surface area is 158 Å². The number of fused-ring (bicyclic) bond motifs is 2. The number of carbonyl (C=O) groups excluding carboxylic acids is 2. The minimum Gasteiger partial charge on any atom is -0.461 e. The Kier molecular flexibility index (Phi) is 5.05. The van der Waals surface area contributed by atoms with E-state index in [1.54, 1.807) is 0 Å². The summed E-state index contributed by atoms with van der Waals surface area (Å²) in [5, 5.41) is 0. The Morgan fingerprint density at radius 2 is 1.11 bits per heavy atom. The van der Waals surface area contributed by atoms with Gasteiger partial charge < -0.3 is 9.47 Å². The summed E-state index contributed by atoms with van der Waals surface area (Å²) in [6.07, 6.45) is 4.90. The number of esters is 2. The molecule has 0 N–H and O–H groups in total. The SMILES string of the molecule is O=C(OCc1ccccc1)C1C2C=CC(C2)C1C(=O)OCc1ccccc1. The minimum absolute atomic E-state index is 0.0625. The van der Waals surface area contributed by atoms with Crippen LogP contribution < -0.4 is 0 Å². The van der Waals surface area contributed by atoms with E-state index >= 15 is 0 Å². The second-order valence-corrected chi connectivity index (χ2v) is 7.19. The highest BCUT2D eigenvalue weighted by Crippen LogP contribution is 2.49. The number of rotatable bonds is 6. The van der Waals surface area contributed by atoms with Gasteiger partial charge in [0.05, 0.1) is 11.8 Å². The van der Waals surface area contributed by atoms with Crippen molar-refractivity contribution in [3.05, 3.63) is 83.9 Å². The predicted molar refractivity (Wildman–Crippen MR) is 100 cm³/mol. The highest BCUT2D eigenvalue weighted by molar-refractivity contribution is 5.84. The first-order valence-corrected chi connectivity index (χ1v) is 9.32. The molecular weight excluding hydrogens is 340 g/mol. The van der Waals surface area contributed by atoms with E-state index in [1.165, 1.54) is 0 Å². The lowest BCUT2D eigenvalue weighted by atomic mass is 9.83. The van der Waals surface area contributed by atoms with Crippen LogP contribution in [-0.4, -0.2) is 11.9 Å². The van der Waals surface area contributed by atoms with Crippen LogP contribution in [0, 0.1) is 23.7 Å². The zero-order valence-electron chi connectivity index (χ0n) is 15.0. The first kappa shape index (κ1) is 17.5. The molecule has 4 nitrogen and oxygen atoms in total. The Morgan fingerprint density at radius 3 is 1.52 bits per heavy atom. The van der Waals surface area contributed by atoms with Crippen LogP contribution in [0.1, 0.15) is 17.5 Å². The third-order valence-electron chi connectivity index (χ3n) is 5.45. The van der Waals surface area contributed by atoms with Gasteiger partial charge in [-0.05, 0) is 29.4 Å². The third-order valence-corrected chi connectivity index (χ3v) is 5.45. The second kappa shape index (κ2) is 7.78. The largest absolute Gasteiger partial charge is 0.461 e. The zero-order valence-corrected chi connectivity index (χ0v) is 15.0. The Balaban J connectivity index is 1.40. The molecular formula is C23H22O4. The topological polar surface area (TPSA) is 52.6 Å². The van der Waals surface area contributed by atoms with Gasteiger partial charge in [-0.2, -0.15) is 0 Å². The number of hydrogen-bond acceptors (Lipinski definition) is 4. The normalized spacial score (nSPS) is 25.3. The van der Waals surface area contributed by atoms with Gasteiger partial charge in [-0.15, -0.1) is 0 Å². The molecule has 0 saturated heterocycles. The van der Waals surface area contributed by atoms with Gasteiger partial charge in [-0.3, -0.25) is 9.59 Å². The van der Waals surface area contributed by atoms with Gasteiger partial charge in [0.2, 0.25) is 0 Å². The van der Waals surface area contributed by atoms with Crippen LogP contribution in [0.3, 0.4) is 0 Å². The number of hydrogen-bond donors (Lipinski definition) is 0. The molecule has 2 aliphatic rings. The van der Waals surface area contributed by atoms with E-state index in [2.05, 4.69) is 0 Å². The van der Waals surface area contributed by atoms with Crippen molar-refractivity contribution in [2.45, 2.75) is 19.6 Å². The molecule has 0 aliphatic heterocycles. The number of benzene rings is 2. The minimum atomic E-state index is -0.452. The molecule has 4 heteroatoms. The molecule has 0 radical (unpaired) electrons. The molecule has 4 atom stereocenters. The van der Waals surface area contributed by atoms with Gasteiger partial charge in [-0.25, -0.2) is 0 Å². The molecule has 138 valence electrons. The van der Waals surface area contributed by atoms with E-state index in [0.717, 1.165) is 17.5 Å². The summed E-state index contributed by atoms with van der Waals surface area (Å²) in [5.41, 5.74) is 1.88. The molecule has 0 spiro atoms. The van der Waals surface area contributed by atoms with Crippen molar-refractivity contribution in [2.75, 3.05) is 0 Å². The monoisotopic (exact) mass is 362 g/mol. The van der Waals surface area contributed by atoms with Crippen molar-refractivity contribution in [2.24, 2.45) is 23.7 Å². The van der Waals surface area contributed by atoms with Gasteiger partial charge >= 0.3 is 11.9 Å². The lowest BCUT2D eigenvalue weighted by Crippen LogP contribution is -2.35. The van der Waals surface area contributed by atoms with Crippen LogP contribution in [0.5, 0.6) is 0 Å². The predicted octanol–water partition coefficient (Wildman–Crippen LogP) is 3.91. The fraction of sp³-hybridized carbons (Fsp3) is 0.304. The molecule has 2 aromatic carbocycles. The van der Waals surface area contributed by atoms with Crippen LogP contribution in [0.25, 0.3) is 0 Å². The lowest BCUT2D eigenvalue weighted by molar-refractivity contribution is -0.162. The average molecular weight is 362 g/mol. The van der Waals surface area contributed by atoms with Crippen molar-refractivity contribution < 1.29 is 19.1 Å². The summed E-state index contributed by atoms with van der Waals surface area (Å²) in [6, 6.07) is 19.1. The van der Waals surface area contributed by atoms with Crippen molar-refractivity contribution in [3.63, 3.8) is 0 Å². The van der Waals surface area contributed by atoms with Crippen LogP contribution in [0.4, 0.5) is 0 Å². The molecule has 0 amide bonds. The van der Waals surface area contributed by atoms with Gasteiger partial charge in [0.15, 0.2) is 0 Å². The molecule has 0 heterocycles. The summed E-state index contributed by atoms with van der Waals surface area (Å²) in [5.74, 6) is -1.39. The van der Waals surface area contributed by atoms with Crippen molar-refractivity contribution >= 4 is 11.9 Å². The highest BCUT2D eigenvalue weighted by atomic mass is 16.5. The fourth-order valence-corrected chi connectivity index (χ4v) is 4.11. The molecule has 2 aromatic rings. The maximum absolute atomic E-state index is 12.7. The number of allylic oxidation sites excluding steroid dienone is 2. The molecule has 4 unspecified atom stereocenters. The van der Waals surface area contributed by atoms with E-state index in [-0.39, 0.29) is 37.0 Å². The van der Waals surface area contributed by atoms with Gasteiger partial charge in [0.25, 0.3) is 0 Å². The third kappa shape index (κ3) is 3.80. The van der Waals surface area contributed by atoms with E-state index in [9.17, 15) is 9.59 Å². The molecule has 1 saturated carbocycles. The summed E-state index contributed by atoms with van der Waals surface area (Å²) in [4.78, 5) is 25.5. The van der Waals surface area contributed by atoms with Crippen molar-refractivity contribution in [1.29, 1.82) is 0 Å². The Bertz CT molecular complexity index is 758. The number of carbonyl (C=O) groups is 2.